The van der Waals surface area contributed by atoms with Gasteiger partial charge in [0.15, 0.2) is 0 Å². The maximum Gasteiger partial charge on any atom is 0.0703 e. The Balaban J connectivity index is 1.96. The van der Waals surface area contributed by atoms with Gasteiger partial charge in [0.2, 0.25) is 0 Å². The van der Waals surface area contributed by atoms with E-state index in [1.807, 2.05) is 0 Å². The molecule has 17 heavy (non-hydrogen) atoms. The van der Waals surface area contributed by atoms with Crippen LogP contribution in [0.2, 0.25) is 0 Å². The van der Waals surface area contributed by atoms with Gasteiger partial charge in [0.25, 0.3) is 0 Å². The van der Waals surface area contributed by atoms with Gasteiger partial charge in [-0.15, -0.1) is 0 Å². The van der Waals surface area contributed by atoms with Gasteiger partial charge >= 0.3 is 0 Å². The largest absolute Gasteiger partial charge is 0.376 e. The van der Waals surface area contributed by atoms with Crippen molar-refractivity contribution in [2.75, 3.05) is 19.7 Å². The Morgan fingerprint density at radius 3 is 2.65 bits per heavy atom. The van der Waals surface area contributed by atoms with E-state index < -0.39 is 0 Å². The highest BCUT2D eigenvalue weighted by Gasteiger charge is 2.13. The average molecular weight is 233 g/mol. The molecule has 2 nitrogen and oxygen atoms in total. The minimum atomic E-state index is 0.393. The van der Waals surface area contributed by atoms with Crippen LogP contribution in [0.1, 0.15) is 28.7 Å². The first kappa shape index (κ1) is 12.6. The number of benzene rings is 1. The van der Waals surface area contributed by atoms with Crippen molar-refractivity contribution in [2.45, 2.75) is 39.7 Å². The monoisotopic (exact) mass is 233 g/mol. The summed E-state index contributed by atoms with van der Waals surface area (Å²) in [5.74, 6) is 0. The predicted molar refractivity (Wildman–Crippen MR) is 71.6 cm³/mol. The number of ether oxygens (including phenoxy) is 1. The highest BCUT2D eigenvalue weighted by Crippen LogP contribution is 2.18. The molecule has 1 aliphatic rings. The van der Waals surface area contributed by atoms with Gasteiger partial charge in [-0.1, -0.05) is 12.1 Å². The topological polar surface area (TPSA) is 21.3 Å². The van der Waals surface area contributed by atoms with Gasteiger partial charge in [0, 0.05) is 13.1 Å². The number of aryl methyl sites for hydroxylation is 4. The molecule has 0 spiro atoms. The Kier molecular flexibility index (Phi) is 4.19. The summed E-state index contributed by atoms with van der Waals surface area (Å²) in [4.78, 5) is 0. The average Bonchev–Trinajstić information content (AvgIpc) is 2.33. The third-order valence-corrected chi connectivity index (χ3v) is 3.69. The number of hydrogen-bond acceptors (Lipinski definition) is 2. The molecule has 0 aromatic heterocycles. The van der Waals surface area contributed by atoms with E-state index in [1.165, 1.54) is 22.3 Å². The molecule has 0 amide bonds. The third kappa shape index (κ3) is 3.30. The maximum absolute atomic E-state index is 5.73. The molecule has 1 N–H and O–H groups in total. The van der Waals surface area contributed by atoms with E-state index in [0.717, 1.165) is 32.5 Å². The van der Waals surface area contributed by atoms with Gasteiger partial charge in [0.05, 0.1) is 12.7 Å². The van der Waals surface area contributed by atoms with Crippen molar-refractivity contribution in [1.82, 2.24) is 5.32 Å². The molecule has 1 aromatic rings. The Morgan fingerprint density at radius 2 is 1.94 bits per heavy atom. The zero-order valence-corrected chi connectivity index (χ0v) is 11.2. The molecule has 1 fully saturated rings. The van der Waals surface area contributed by atoms with Gasteiger partial charge in [0.1, 0.15) is 0 Å². The first-order chi connectivity index (χ1) is 8.16. The van der Waals surface area contributed by atoms with Crippen molar-refractivity contribution < 1.29 is 4.74 Å². The summed E-state index contributed by atoms with van der Waals surface area (Å²) in [7, 11) is 0. The molecule has 1 aliphatic heterocycles. The Bertz CT molecular complexity index is 381. The van der Waals surface area contributed by atoms with Crippen LogP contribution in [0.25, 0.3) is 0 Å². The number of rotatable bonds is 3. The lowest BCUT2D eigenvalue weighted by Crippen LogP contribution is -2.38. The van der Waals surface area contributed by atoms with E-state index in [0.29, 0.717) is 6.10 Å². The van der Waals surface area contributed by atoms with Gasteiger partial charge in [-0.3, -0.25) is 0 Å². The van der Waals surface area contributed by atoms with Crippen molar-refractivity contribution in [3.05, 3.63) is 34.4 Å². The van der Waals surface area contributed by atoms with Crippen LogP contribution in [0.3, 0.4) is 0 Å². The molecule has 2 rings (SSSR count). The molecule has 0 aliphatic carbocycles. The summed E-state index contributed by atoms with van der Waals surface area (Å²) < 4.78 is 5.73. The van der Waals surface area contributed by atoms with Crippen molar-refractivity contribution in [3.63, 3.8) is 0 Å². The number of morpholine rings is 1. The Hall–Kier alpha value is -0.860. The zero-order chi connectivity index (χ0) is 12.3. The van der Waals surface area contributed by atoms with Crippen molar-refractivity contribution in [2.24, 2.45) is 0 Å². The minimum Gasteiger partial charge on any atom is -0.376 e. The highest BCUT2D eigenvalue weighted by atomic mass is 16.5. The SMILES string of the molecule is Cc1cc(C)c(CCC2CNCCO2)cc1C. The normalized spacial score (nSPS) is 20.5. The van der Waals surface area contributed by atoms with Crippen LogP contribution in [-0.2, 0) is 11.2 Å². The predicted octanol–water partition coefficient (Wildman–Crippen LogP) is 2.53. The van der Waals surface area contributed by atoms with Crippen molar-refractivity contribution >= 4 is 0 Å². The first-order valence-electron chi connectivity index (χ1n) is 6.56. The summed E-state index contributed by atoms with van der Waals surface area (Å²) in [6.45, 7) is 9.44. The molecule has 1 atom stereocenters. The van der Waals surface area contributed by atoms with Crippen LogP contribution in [0.4, 0.5) is 0 Å². The maximum atomic E-state index is 5.73. The molecule has 1 unspecified atom stereocenters. The van der Waals surface area contributed by atoms with Crippen LogP contribution >= 0.6 is 0 Å². The molecule has 0 saturated carbocycles. The fourth-order valence-corrected chi connectivity index (χ4v) is 2.41. The van der Waals surface area contributed by atoms with Gasteiger partial charge < -0.3 is 10.1 Å². The summed E-state index contributed by atoms with van der Waals surface area (Å²) in [5.41, 5.74) is 5.68. The van der Waals surface area contributed by atoms with Gasteiger partial charge in [-0.05, 0) is 55.9 Å². The van der Waals surface area contributed by atoms with E-state index in [1.54, 1.807) is 0 Å². The third-order valence-electron chi connectivity index (χ3n) is 3.69. The molecule has 1 heterocycles. The van der Waals surface area contributed by atoms with Crippen LogP contribution < -0.4 is 5.32 Å². The smallest absolute Gasteiger partial charge is 0.0703 e. The zero-order valence-electron chi connectivity index (χ0n) is 11.2. The van der Waals surface area contributed by atoms with E-state index in [9.17, 15) is 0 Å². The van der Waals surface area contributed by atoms with E-state index >= 15 is 0 Å². The molecular formula is C15H23NO. The fourth-order valence-electron chi connectivity index (χ4n) is 2.41. The second-order valence-electron chi connectivity index (χ2n) is 5.10. The fraction of sp³-hybridized carbons (Fsp3) is 0.600. The Labute approximate surface area is 104 Å². The van der Waals surface area contributed by atoms with Crippen molar-refractivity contribution in [1.29, 1.82) is 0 Å². The summed E-state index contributed by atoms with van der Waals surface area (Å²) in [6.07, 6.45) is 2.64. The van der Waals surface area contributed by atoms with Crippen LogP contribution in [0.5, 0.6) is 0 Å². The van der Waals surface area contributed by atoms with Gasteiger partial charge in [-0.25, -0.2) is 0 Å². The molecule has 2 heteroatoms. The molecule has 1 saturated heterocycles. The molecule has 0 radical (unpaired) electrons. The molecule has 0 bridgehead atoms. The van der Waals surface area contributed by atoms with Crippen LogP contribution in [-0.4, -0.2) is 25.8 Å². The Morgan fingerprint density at radius 1 is 1.18 bits per heavy atom. The summed E-state index contributed by atoms with van der Waals surface area (Å²) in [6, 6.07) is 4.63. The molecular weight excluding hydrogens is 210 g/mol. The highest BCUT2D eigenvalue weighted by molar-refractivity contribution is 5.36. The number of nitrogens with one attached hydrogen (secondary N) is 1. The summed E-state index contributed by atoms with van der Waals surface area (Å²) in [5, 5.41) is 3.38. The lowest BCUT2D eigenvalue weighted by atomic mass is 9.96. The van der Waals surface area contributed by atoms with E-state index in [4.69, 9.17) is 4.74 Å². The molecule has 94 valence electrons. The van der Waals surface area contributed by atoms with Crippen molar-refractivity contribution in [3.8, 4) is 0 Å². The molecule has 1 aromatic carbocycles. The standard InChI is InChI=1S/C15H23NO/c1-11-8-13(3)14(9-12(11)2)4-5-15-10-16-6-7-17-15/h8-9,15-16H,4-7,10H2,1-3H3. The van der Waals surface area contributed by atoms with Crippen LogP contribution in [0, 0.1) is 20.8 Å². The van der Waals surface area contributed by atoms with E-state index in [-0.39, 0.29) is 0 Å². The lowest BCUT2D eigenvalue weighted by molar-refractivity contribution is 0.0238. The summed E-state index contributed by atoms with van der Waals surface area (Å²) >= 11 is 0. The second-order valence-corrected chi connectivity index (χ2v) is 5.10. The first-order valence-corrected chi connectivity index (χ1v) is 6.56. The number of hydrogen-bond donors (Lipinski definition) is 1. The lowest BCUT2D eigenvalue weighted by Gasteiger charge is -2.24. The minimum absolute atomic E-state index is 0.393. The quantitative estimate of drug-likeness (QED) is 0.866. The second kappa shape index (κ2) is 5.65. The van der Waals surface area contributed by atoms with E-state index in [2.05, 4.69) is 38.2 Å². The van der Waals surface area contributed by atoms with Crippen LogP contribution in [0.15, 0.2) is 12.1 Å². The van der Waals surface area contributed by atoms with Gasteiger partial charge in [-0.2, -0.15) is 0 Å².